The summed E-state index contributed by atoms with van der Waals surface area (Å²) in [7, 11) is 3.71. The van der Waals surface area contributed by atoms with Crippen molar-refractivity contribution in [2.45, 2.75) is 12.3 Å². The molecule has 3 aromatic rings. The maximum Gasteiger partial charge on any atom is 0.128 e. The smallest absolute Gasteiger partial charge is 0.128 e. The molecule has 0 aliphatic rings. The lowest BCUT2D eigenvalue weighted by molar-refractivity contribution is 0.419. The zero-order valence-corrected chi connectivity index (χ0v) is 13.0. The SMILES string of the molecule is CNCCC(c1ccncc1)c1c[nH]c2cccc(OC)c12. The van der Waals surface area contributed by atoms with E-state index in [1.54, 1.807) is 7.11 Å². The van der Waals surface area contributed by atoms with Gasteiger partial charge in [-0.1, -0.05) is 6.07 Å². The van der Waals surface area contributed by atoms with Gasteiger partial charge in [-0.25, -0.2) is 0 Å². The fraction of sp³-hybridized carbons (Fsp3) is 0.278. The molecule has 2 N–H and O–H groups in total. The van der Waals surface area contributed by atoms with Crippen molar-refractivity contribution in [3.8, 4) is 5.75 Å². The van der Waals surface area contributed by atoms with Crippen LogP contribution in [0.4, 0.5) is 0 Å². The zero-order chi connectivity index (χ0) is 15.4. The summed E-state index contributed by atoms with van der Waals surface area (Å²) < 4.78 is 5.57. The molecule has 0 bridgehead atoms. The second-order valence-electron chi connectivity index (χ2n) is 5.35. The molecule has 2 heterocycles. The molecule has 22 heavy (non-hydrogen) atoms. The molecule has 114 valence electrons. The van der Waals surface area contributed by atoms with Crippen molar-refractivity contribution in [3.05, 3.63) is 60.0 Å². The molecule has 0 aliphatic heterocycles. The Morgan fingerprint density at radius 2 is 2.05 bits per heavy atom. The van der Waals surface area contributed by atoms with Crippen LogP contribution in [0, 0.1) is 0 Å². The number of ether oxygens (including phenoxy) is 1. The number of rotatable bonds is 6. The number of nitrogens with one attached hydrogen (secondary N) is 2. The minimum Gasteiger partial charge on any atom is -0.496 e. The van der Waals surface area contributed by atoms with Crippen LogP contribution in [-0.2, 0) is 0 Å². The van der Waals surface area contributed by atoms with Crippen LogP contribution in [-0.4, -0.2) is 30.7 Å². The lowest BCUT2D eigenvalue weighted by Crippen LogP contribution is -2.13. The van der Waals surface area contributed by atoms with Crippen LogP contribution in [0.5, 0.6) is 5.75 Å². The predicted molar refractivity (Wildman–Crippen MR) is 89.5 cm³/mol. The third kappa shape index (κ3) is 2.70. The Labute approximate surface area is 130 Å². The Balaban J connectivity index is 2.12. The van der Waals surface area contributed by atoms with Crippen LogP contribution in [0.25, 0.3) is 10.9 Å². The van der Waals surface area contributed by atoms with Gasteiger partial charge in [-0.3, -0.25) is 4.98 Å². The molecule has 3 rings (SSSR count). The first kappa shape index (κ1) is 14.6. The highest BCUT2D eigenvalue weighted by Crippen LogP contribution is 2.37. The van der Waals surface area contributed by atoms with Crippen molar-refractivity contribution in [3.63, 3.8) is 0 Å². The number of hydrogen-bond acceptors (Lipinski definition) is 3. The molecule has 2 aromatic heterocycles. The summed E-state index contributed by atoms with van der Waals surface area (Å²) >= 11 is 0. The Morgan fingerprint density at radius 3 is 2.77 bits per heavy atom. The average Bonchev–Trinajstić information content (AvgIpc) is 3.00. The van der Waals surface area contributed by atoms with E-state index in [1.807, 2.05) is 31.6 Å². The highest BCUT2D eigenvalue weighted by Gasteiger charge is 2.19. The van der Waals surface area contributed by atoms with E-state index in [0.29, 0.717) is 5.92 Å². The topological polar surface area (TPSA) is 49.9 Å². The van der Waals surface area contributed by atoms with E-state index in [4.69, 9.17) is 4.74 Å². The van der Waals surface area contributed by atoms with Crippen molar-refractivity contribution in [1.29, 1.82) is 0 Å². The standard InChI is InChI=1S/C18H21N3O/c1-19-9-8-14(13-6-10-20-11-7-13)15-12-21-16-4-3-5-17(22-2)18(15)16/h3-7,10-12,14,19,21H,8-9H2,1-2H3. The zero-order valence-electron chi connectivity index (χ0n) is 13.0. The first-order chi connectivity index (χ1) is 10.8. The summed E-state index contributed by atoms with van der Waals surface area (Å²) in [5, 5.41) is 4.42. The van der Waals surface area contributed by atoms with Crippen LogP contribution >= 0.6 is 0 Å². The van der Waals surface area contributed by atoms with Crippen LogP contribution < -0.4 is 10.1 Å². The van der Waals surface area contributed by atoms with Crippen molar-refractivity contribution in [2.24, 2.45) is 0 Å². The fourth-order valence-electron chi connectivity index (χ4n) is 3.01. The highest BCUT2D eigenvalue weighted by molar-refractivity contribution is 5.90. The minimum absolute atomic E-state index is 0.306. The summed E-state index contributed by atoms with van der Waals surface area (Å²) in [5.74, 6) is 1.22. The number of benzene rings is 1. The molecule has 4 nitrogen and oxygen atoms in total. The van der Waals surface area contributed by atoms with Crippen LogP contribution in [0.1, 0.15) is 23.5 Å². The van der Waals surface area contributed by atoms with Gasteiger partial charge in [0, 0.05) is 35.4 Å². The second kappa shape index (κ2) is 6.62. The van der Waals surface area contributed by atoms with Crippen LogP contribution in [0.2, 0.25) is 0 Å². The van der Waals surface area contributed by atoms with Gasteiger partial charge in [0.25, 0.3) is 0 Å². The van der Waals surface area contributed by atoms with E-state index >= 15 is 0 Å². The van der Waals surface area contributed by atoms with E-state index in [9.17, 15) is 0 Å². The molecule has 0 saturated heterocycles. The quantitative estimate of drug-likeness (QED) is 0.733. The van der Waals surface area contributed by atoms with E-state index in [0.717, 1.165) is 24.2 Å². The fourth-order valence-corrected chi connectivity index (χ4v) is 3.01. The van der Waals surface area contributed by atoms with E-state index in [2.05, 4.69) is 39.7 Å². The monoisotopic (exact) mass is 295 g/mol. The minimum atomic E-state index is 0.306. The van der Waals surface area contributed by atoms with Crippen molar-refractivity contribution < 1.29 is 4.74 Å². The van der Waals surface area contributed by atoms with Gasteiger partial charge in [-0.05, 0) is 55.4 Å². The van der Waals surface area contributed by atoms with Crippen LogP contribution in [0.15, 0.2) is 48.9 Å². The molecule has 0 aliphatic carbocycles. The van der Waals surface area contributed by atoms with Gasteiger partial charge in [-0.2, -0.15) is 0 Å². The molecule has 0 saturated carbocycles. The number of aromatic amines is 1. The molecule has 1 unspecified atom stereocenters. The molecule has 0 spiro atoms. The number of hydrogen-bond donors (Lipinski definition) is 2. The highest BCUT2D eigenvalue weighted by atomic mass is 16.5. The number of H-pyrrole nitrogens is 1. The summed E-state index contributed by atoms with van der Waals surface area (Å²) in [6.45, 7) is 0.953. The van der Waals surface area contributed by atoms with Gasteiger partial charge >= 0.3 is 0 Å². The third-order valence-electron chi connectivity index (χ3n) is 4.08. The lowest BCUT2D eigenvalue weighted by Gasteiger charge is -2.17. The lowest BCUT2D eigenvalue weighted by atomic mass is 9.88. The molecule has 0 radical (unpaired) electrons. The second-order valence-corrected chi connectivity index (χ2v) is 5.35. The van der Waals surface area contributed by atoms with Crippen molar-refractivity contribution >= 4 is 10.9 Å². The Bertz CT molecular complexity index is 736. The summed E-state index contributed by atoms with van der Waals surface area (Å²) in [5.41, 5.74) is 3.66. The largest absolute Gasteiger partial charge is 0.496 e. The number of nitrogens with zero attached hydrogens (tertiary/aromatic N) is 1. The van der Waals surface area contributed by atoms with Gasteiger partial charge in [0.2, 0.25) is 0 Å². The Kier molecular flexibility index (Phi) is 4.39. The Hall–Kier alpha value is -2.33. The van der Waals surface area contributed by atoms with Crippen molar-refractivity contribution in [2.75, 3.05) is 20.7 Å². The average molecular weight is 295 g/mol. The maximum atomic E-state index is 5.57. The molecule has 0 amide bonds. The van der Waals surface area contributed by atoms with E-state index in [-0.39, 0.29) is 0 Å². The number of pyridine rings is 1. The van der Waals surface area contributed by atoms with Crippen molar-refractivity contribution in [1.82, 2.24) is 15.3 Å². The summed E-state index contributed by atoms with van der Waals surface area (Å²) in [6.07, 6.45) is 6.83. The molecule has 1 atom stereocenters. The summed E-state index contributed by atoms with van der Waals surface area (Å²) in [4.78, 5) is 7.51. The van der Waals surface area contributed by atoms with Gasteiger partial charge < -0.3 is 15.0 Å². The third-order valence-corrected chi connectivity index (χ3v) is 4.08. The first-order valence-electron chi connectivity index (χ1n) is 7.53. The molecule has 4 heteroatoms. The van der Waals surface area contributed by atoms with E-state index in [1.165, 1.54) is 16.5 Å². The predicted octanol–water partition coefficient (Wildman–Crippen LogP) is 3.31. The first-order valence-corrected chi connectivity index (χ1v) is 7.53. The molecule has 1 aromatic carbocycles. The van der Waals surface area contributed by atoms with Crippen LogP contribution in [0.3, 0.4) is 0 Å². The Morgan fingerprint density at radius 1 is 1.23 bits per heavy atom. The maximum absolute atomic E-state index is 5.57. The van der Waals surface area contributed by atoms with Gasteiger partial charge in [0.05, 0.1) is 7.11 Å². The molecular weight excluding hydrogens is 274 g/mol. The van der Waals surface area contributed by atoms with Gasteiger partial charge in [0.15, 0.2) is 0 Å². The number of aromatic nitrogens is 2. The molecule has 0 fully saturated rings. The van der Waals surface area contributed by atoms with Gasteiger partial charge in [-0.15, -0.1) is 0 Å². The normalized spacial score (nSPS) is 12.5. The molecular formula is C18H21N3O. The number of fused-ring (bicyclic) bond motifs is 1. The van der Waals surface area contributed by atoms with E-state index < -0.39 is 0 Å². The summed E-state index contributed by atoms with van der Waals surface area (Å²) in [6, 6.07) is 10.3. The number of methoxy groups -OCH3 is 1. The van der Waals surface area contributed by atoms with Gasteiger partial charge in [0.1, 0.15) is 5.75 Å².